The molecule has 2 aromatic rings. The first kappa shape index (κ1) is 20.0. The molecule has 0 saturated carbocycles. The third kappa shape index (κ3) is 4.97. The summed E-state index contributed by atoms with van der Waals surface area (Å²) in [7, 11) is 0. The molecule has 0 radical (unpaired) electrons. The van der Waals surface area contributed by atoms with Gasteiger partial charge in [-0.3, -0.25) is 14.6 Å². The van der Waals surface area contributed by atoms with Crippen molar-refractivity contribution in [2.24, 2.45) is 0 Å². The first-order chi connectivity index (χ1) is 13.3. The van der Waals surface area contributed by atoms with E-state index in [1.54, 1.807) is 13.8 Å². The minimum atomic E-state index is -0.926. The molecule has 2 N–H and O–H groups in total. The van der Waals surface area contributed by atoms with Crippen LogP contribution in [0.5, 0.6) is 0 Å². The number of nitrogens with zero attached hydrogens (tertiary/aromatic N) is 2. The van der Waals surface area contributed by atoms with Crippen molar-refractivity contribution >= 4 is 11.9 Å². The number of urea groups is 1. The lowest BCUT2D eigenvalue weighted by Crippen LogP contribution is -2.44. The third-order valence-electron chi connectivity index (χ3n) is 4.80. The molecule has 1 saturated heterocycles. The second-order valence-electron chi connectivity index (χ2n) is 7.77. The van der Waals surface area contributed by atoms with E-state index in [9.17, 15) is 14.7 Å². The van der Waals surface area contributed by atoms with Crippen molar-refractivity contribution in [1.29, 1.82) is 0 Å². The molecule has 0 bridgehead atoms. The van der Waals surface area contributed by atoms with Gasteiger partial charge in [0.15, 0.2) is 0 Å². The molecule has 3 amide bonds. The monoisotopic (exact) mass is 381 g/mol. The Kier molecular flexibility index (Phi) is 6.11. The Morgan fingerprint density at radius 3 is 1.89 bits per heavy atom. The second-order valence-corrected chi connectivity index (χ2v) is 7.77. The van der Waals surface area contributed by atoms with Crippen LogP contribution in [0, 0.1) is 0 Å². The summed E-state index contributed by atoms with van der Waals surface area (Å²) in [6.45, 7) is 4.99. The van der Waals surface area contributed by atoms with Gasteiger partial charge in [0, 0.05) is 19.6 Å². The highest BCUT2D eigenvalue weighted by molar-refractivity contribution is 6.06. The first-order valence-electron chi connectivity index (χ1n) is 9.47. The molecule has 6 nitrogen and oxygen atoms in total. The molecule has 3 rings (SSSR count). The van der Waals surface area contributed by atoms with E-state index in [1.807, 2.05) is 60.7 Å². The van der Waals surface area contributed by atoms with Gasteiger partial charge in [-0.15, -0.1) is 0 Å². The van der Waals surface area contributed by atoms with Crippen LogP contribution < -0.4 is 5.32 Å². The average Bonchev–Trinajstić information content (AvgIpc) is 2.85. The summed E-state index contributed by atoms with van der Waals surface area (Å²) < 4.78 is 0. The molecule has 1 heterocycles. The summed E-state index contributed by atoms with van der Waals surface area (Å²) in [6.07, 6.45) is -0.837. The van der Waals surface area contributed by atoms with E-state index in [4.69, 9.17) is 0 Å². The molecule has 1 atom stereocenters. The zero-order chi connectivity index (χ0) is 20.1. The highest BCUT2D eigenvalue weighted by Gasteiger charge is 2.44. The van der Waals surface area contributed by atoms with Crippen molar-refractivity contribution < 1.29 is 14.7 Å². The van der Waals surface area contributed by atoms with E-state index in [2.05, 4.69) is 10.2 Å². The van der Waals surface area contributed by atoms with Gasteiger partial charge < -0.3 is 10.4 Å². The Labute approximate surface area is 165 Å². The van der Waals surface area contributed by atoms with Gasteiger partial charge in [-0.1, -0.05) is 60.7 Å². The summed E-state index contributed by atoms with van der Waals surface area (Å²) in [6, 6.07) is 19.6. The van der Waals surface area contributed by atoms with E-state index >= 15 is 0 Å². The molecule has 0 spiro atoms. The molecular weight excluding hydrogens is 354 g/mol. The van der Waals surface area contributed by atoms with E-state index in [1.165, 1.54) is 0 Å². The van der Waals surface area contributed by atoms with Crippen LogP contribution in [0.4, 0.5) is 4.79 Å². The maximum Gasteiger partial charge on any atom is 0.325 e. The predicted molar refractivity (Wildman–Crippen MR) is 107 cm³/mol. The summed E-state index contributed by atoms with van der Waals surface area (Å²) in [5.74, 6) is -0.311. The van der Waals surface area contributed by atoms with Crippen LogP contribution in [0.15, 0.2) is 60.7 Å². The molecule has 1 fully saturated rings. The van der Waals surface area contributed by atoms with Gasteiger partial charge in [0.1, 0.15) is 5.54 Å². The Morgan fingerprint density at radius 1 is 0.964 bits per heavy atom. The number of benzene rings is 2. The average molecular weight is 381 g/mol. The summed E-state index contributed by atoms with van der Waals surface area (Å²) in [5, 5.41) is 13.3. The van der Waals surface area contributed by atoms with Crippen molar-refractivity contribution in [2.75, 3.05) is 13.1 Å². The summed E-state index contributed by atoms with van der Waals surface area (Å²) >= 11 is 0. The van der Waals surface area contributed by atoms with Crippen molar-refractivity contribution in [3.8, 4) is 0 Å². The number of β-amino-alcohol motifs (C(OH)–C–C–N with tert-alkyl or cyclic N) is 1. The number of amides is 3. The fourth-order valence-corrected chi connectivity index (χ4v) is 3.42. The van der Waals surface area contributed by atoms with Gasteiger partial charge in [-0.2, -0.15) is 0 Å². The lowest BCUT2D eigenvalue weighted by atomic mass is 10.1. The Bertz CT molecular complexity index is 767. The number of rotatable bonds is 8. The largest absolute Gasteiger partial charge is 0.390 e. The van der Waals surface area contributed by atoms with Gasteiger partial charge in [0.25, 0.3) is 5.91 Å². The van der Waals surface area contributed by atoms with Crippen LogP contribution >= 0.6 is 0 Å². The number of hydrogen-bond acceptors (Lipinski definition) is 4. The maximum atomic E-state index is 12.4. The Hall–Kier alpha value is -2.70. The van der Waals surface area contributed by atoms with Crippen LogP contribution in [0.3, 0.4) is 0 Å². The number of aliphatic hydroxyl groups is 1. The van der Waals surface area contributed by atoms with Crippen LogP contribution in [0.1, 0.15) is 25.0 Å². The lowest BCUT2D eigenvalue weighted by Gasteiger charge is -2.27. The van der Waals surface area contributed by atoms with E-state index in [0.29, 0.717) is 19.6 Å². The molecule has 28 heavy (non-hydrogen) atoms. The van der Waals surface area contributed by atoms with Crippen molar-refractivity contribution in [3.63, 3.8) is 0 Å². The molecule has 0 aliphatic carbocycles. The van der Waals surface area contributed by atoms with Gasteiger partial charge in [-0.25, -0.2) is 4.79 Å². The number of hydrogen-bond donors (Lipinski definition) is 2. The fourth-order valence-electron chi connectivity index (χ4n) is 3.42. The van der Waals surface area contributed by atoms with Gasteiger partial charge in [0.05, 0.1) is 12.6 Å². The molecule has 6 heteroatoms. The number of nitrogens with one attached hydrogen (secondary N) is 1. The number of carbonyl (C=O) groups excluding carboxylic acids is 2. The normalized spacial score (nSPS) is 17.1. The van der Waals surface area contributed by atoms with E-state index in [-0.39, 0.29) is 12.5 Å². The number of imide groups is 1. The third-order valence-corrected chi connectivity index (χ3v) is 4.80. The molecular formula is C22H27N3O3. The molecule has 2 aromatic carbocycles. The highest BCUT2D eigenvalue weighted by atomic mass is 16.3. The summed E-state index contributed by atoms with van der Waals surface area (Å²) in [5.41, 5.74) is 1.36. The first-order valence-corrected chi connectivity index (χ1v) is 9.47. The lowest BCUT2D eigenvalue weighted by molar-refractivity contribution is -0.131. The van der Waals surface area contributed by atoms with Crippen molar-refractivity contribution in [1.82, 2.24) is 15.1 Å². The molecule has 0 unspecified atom stereocenters. The minimum Gasteiger partial charge on any atom is -0.390 e. The van der Waals surface area contributed by atoms with Crippen LogP contribution in [0.25, 0.3) is 0 Å². The Balaban J connectivity index is 1.67. The standard InChI is InChI=1S/C22H27N3O3/c1-22(2)20(27)25(21(28)23-22)16-19(26)15-24(13-17-9-5-3-6-10-17)14-18-11-7-4-8-12-18/h3-12,19,26H,13-16H2,1-2H3,(H,23,28)/t19-/m0/s1. The predicted octanol–water partition coefficient (Wildman–Crippen LogP) is 2.38. The minimum absolute atomic E-state index is 0.0197. The number of aliphatic hydroxyl groups excluding tert-OH is 1. The maximum absolute atomic E-state index is 12.4. The van der Waals surface area contributed by atoms with Crippen molar-refractivity contribution in [3.05, 3.63) is 71.8 Å². The molecule has 148 valence electrons. The van der Waals surface area contributed by atoms with Gasteiger partial charge in [-0.05, 0) is 25.0 Å². The van der Waals surface area contributed by atoms with Gasteiger partial charge >= 0.3 is 6.03 Å². The highest BCUT2D eigenvalue weighted by Crippen LogP contribution is 2.17. The van der Waals surface area contributed by atoms with E-state index < -0.39 is 17.7 Å². The number of carbonyl (C=O) groups is 2. The second kappa shape index (κ2) is 8.54. The quantitative estimate of drug-likeness (QED) is 0.689. The SMILES string of the molecule is CC1(C)NC(=O)N(C[C@@H](O)CN(Cc2ccccc2)Cc2ccccc2)C1=O. The van der Waals surface area contributed by atoms with Gasteiger partial charge in [0.2, 0.25) is 0 Å². The smallest absolute Gasteiger partial charge is 0.325 e. The molecule has 0 aromatic heterocycles. The zero-order valence-corrected chi connectivity index (χ0v) is 16.3. The van der Waals surface area contributed by atoms with Crippen LogP contribution in [0.2, 0.25) is 0 Å². The van der Waals surface area contributed by atoms with E-state index in [0.717, 1.165) is 16.0 Å². The summed E-state index contributed by atoms with van der Waals surface area (Å²) in [4.78, 5) is 27.7. The zero-order valence-electron chi connectivity index (χ0n) is 16.3. The van der Waals surface area contributed by atoms with Crippen LogP contribution in [-0.4, -0.2) is 51.6 Å². The van der Waals surface area contributed by atoms with Crippen LogP contribution in [-0.2, 0) is 17.9 Å². The van der Waals surface area contributed by atoms with Crippen molar-refractivity contribution in [2.45, 2.75) is 38.6 Å². The topological polar surface area (TPSA) is 72.9 Å². The fraction of sp³-hybridized carbons (Fsp3) is 0.364. The Morgan fingerprint density at radius 2 is 1.46 bits per heavy atom. The molecule has 1 aliphatic heterocycles. The molecule has 1 aliphatic rings.